The molecule has 3 nitrogen and oxygen atoms in total. The maximum absolute atomic E-state index is 10.6. The molecule has 0 radical (unpaired) electrons. The van der Waals surface area contributed by atoms with Gasteiger partial charge in [-0.1, -0.05) is 69.7 Å². The van der Waals surface area contributed by atoms with Gasteiger partial charge in [0.25, 0.3) is 10.1 Å². The van der Waals surface area contributed by atoms with Crippen molar-refractivity contribution in [3.63, 3.8) is 0 Å². The molecule has 0 unspecified atom stereocenters. The van der Waals surface area contributed by atoms with Crippen LogP contribution in [-0.4, -0.2) is 13.0 Å². The van der Waals surface area contributed by atoms with Gasteiger partial charge in [0.15, 0.2) is 0 Å². The second-order valence-electron chi connectivity index (χ2n) is 5.43. The zero-order valence-electron chi connectivity index (χ0n) is 12.8. The van der Waals surface area contributed by atoms with E-state index in [1.54, 1.807) is 0 Å². The molecule has 1 aromatic carbocycles. The largest absolute Gasteiger partial charge is 0.287 e. The van der Waals surface area contributed by atoms with E-state index in [-0.39, 0.29) is 0 Å². The molecule has 1 aromatic rings. The van der Waals surface area contributed by atoms with Crippen LogP contribution in [-0.2, 0) is 16.5 Å². The SMILES string of the molecule is CCCCCCCCCc1ccc(C=CS(=O)(=O)O)cc1. The van der Waals surface area contributed by atoms with E-state index in [2.05, 4.69) is 6.92 Å². The second kappa shape index (κ2) is 9.74. The molecule has 1 N–H and O–H groups in total. The van der Waals surface area contributed by atoms with Crippen molar-refractivity contribution < 1.29 is 13.0 Å². The highest BCUT2D eigenvalue weighted by Crippen LogP contribution is 2.12. The summed E-state index contributed by atoms with van der Waals surface area (Å²) in [5.74, 6) is 0. The standard InChI is InChI=1S/C17H26O3S/c1-2-3-4-5-6-7-8-9-16-10-12-17(13-11-16)14-15-21(18,19)20/h10-15H,2-9H2,1H3,(H,18,19,20). The Bertz CT molecular complexity index is 515. The van der Waals surface area contributed by atoms with Gasteiger partial charge >= 0.3 is 0 Å². The van der Waals surface area contributed by atoms with Gasteiger partial charge in [0.05, 0.1) is 5.41 Å². The Morgan fingerprint density at radius 3 is 2.10 bits per heavy atom. The smallest absolute Gasteiger partial charge is 0.282 e. The zero-order valence-corrected chi connectivity index (χ0v) is 13.6. The fraction of sp³-hybridized carbons (Fsp3) is 0.529. The second-order valence-corrected chi connectivity index (χ2v) is 6.73. The molecule has 0 aliphatic carbocycles. The minimum absolute atomic E-state index is 0.774. The first-order chi connectivity index (χ1) is 10.0. The summed E-state index contributed by atoms with van der Waals surface area (Å²) in [6.45, 7) is 2.23. The van der Waals surface area contributed by atoms with Gasteiger partial charge < -0.3 is 0 Å². The Labute approximate surface area is 128 Å². The highest BCUT2D eigenvalue weighted by atomic mass is 32.2. The quantitative estimate of drug-likeness (QED) is 0.497. The first-order valence-corrected chi connectivity index (χ1v) is 9.26. The van der Waals surface area contributed by atoms with Crippen LogP contribution >= 0.6 is 0 Å². The number of aryl methyl sites for hydroxylation is 1. The highest BCUT2D eigenvalue weighted by molar-refractivity contribution is 7.88. The van der Waals surface area contributed by atoms with Crippen LogP contribution in [0.1, 0.15) is 63.0 Å². The van der Waals surface area contributed by atoms with Crippen LogP contribution in [0, 0.1) is 0 Å². The van der Waals surface area contributed by atoms with E-state index in [1.165, 1.54) is 56.6 Å². The van der Waals surface area contributed by atoms with Crippen molar-refractivity contribution in [3.8, 4) is 0 Å². The summed E-state index contributed by atoms with van der Waals surface area (Å²) in [5.41, 5.74) is 2.04. The Balaban J connectivity index is 2.27. The monoisotopic (exact) mass is 310 g/mol. The van der Waals surface area contributed by atoms with Crippen molar-refractivity contribution in [3.05, 3.63) is 40.8 Å². The van der Waals surface area contributed by atoms with Gasteiger partial charge in [-0.15, -0.1) is 0 Å². The van der Waals surface area contributed by atoms with Crippen LogP contribution in [0.4, 0.5) is 0 Å². The van der Waals surface area contributed by atoms with Crippen molar-refractivity contribution in [2.45, 2.75) is 58.3 Å². The fourth-order valence-electron chi connectivity index (χ4n) is 2.25. The Morgan fingerprint density at radius 1 is 0.952 bits per heavy atom. The molecular weight excluding hydrogens is 284 g/mol. The van der Waals surface area contributed by atoms with Gasteiger partial charge in [-0.2, -0.15) is 8.42 Å². The molecule has 0 aliphatic rings. The topological polar surface area (TPSA) is 54.4 Å². The molecule has 0 heterocycles. The van der Waals surface area contributed by atoms with Gasteiger partial charge in [-0.05, 0) is 30.0 Å². The van der Waals surface area contributed by atoms with Gasteiger partial charge in [0.2, 0.25) is 0 Å². The molecule has 21 heavy (non-hydrogen) atoms. The summed E-state index contributed by atoms with van der Waals surface area (Å²) >= 11 is 0. The molecule has 118 valence electrons. The molecule has 0 saturated carbocycles. The number of unbranched alkanes of at least 4 members (excludes halogenated alkanes) is 6. The van der Waals surface area contributed by atoms with E-state index in [0.717, 1.165) is 17.4 Å². The van der Waals surface area contributed by atoms with Gasteiger partial charge in [0, 0.05) is 0 Å². The van der Waals surface area contributed by atoms with Crippen molar-refractivity contribution >= 4 is 16.2 Å². The van der Waals surface area contributed by atoms with Crippen molar-refractivity contribution in [1.29, 1.82) is 0 Å². The van der Waals surface area contributed by atoms with Crippen molar-refractivity contribution in [2.75, 3.05) is 0 Å². The summed E-state index contributed by atoms with van der Waals surface area (Å²) in [5, 5.41) is 0.804. The normalized spacial score (nSPS) is 12.1. The fourth-order valence-corrected chi connectivity index (χ4v) is 2.58. The lowest BCUT2D eigenvalue weighted by molar-refractivity contribution is 0.494. The third-order valence-electron chi connectivity index (χ3n) is 3.48. The summed E-state index contributed by atoms with van der Waals surface area (Å²) in [4.78, 5) is 0. The third kappa shape index (κ3) is 9.43. The van der Waals surface area contributed by atoms with E-state index in [4.69, 9.17) is 4.55 Å². The van der Waals surface area contributed by atoms with Crippen LogP contribution in [0.5, 0.6) is 0 Å². The van der Waals surface area contributed by atoms with Gasteiger partial charge in [0.1, 0.15) is 0 Å². The lowest BCUT2D eigenvalue weighted by atomic mass is 10.0. The molecule has 0 aliphatic heterocycles. The number of benzene rings is 1. The first kappa shape index (κ1) is 17.9. The van der Waals surface area contributed by atoms with E-state index in [0.29, 0.717) is 0 Å². The van der Waals surface area contributed by atoms with Crippen molar-refractivity contribution in [1.82, 2.24) is 0 Å². The molecule has 0 bridgehead atoms. The van der Waals surface area contributed by atoms with Crippen LogP contribution in [0.3, 0.4) is 0 Å². The molecule has 0 amide bonds. The molecule has 0 aromatic heterocycles. The highest BCUT2D eigenvalue weighted by Gasteiger charge is 1.97. The van der Waals surface area contributed by atoms with E-state index in [9.17, 15) is 8.42 Å². The average Bonchev–Trinajstić information content (AvgIpc) is 2.44. The van der Waals surface area contributed by atoms with E-state index in [1.807, 2.05) is 24.3 Å². The Kier molecular flexibility index (Phi) is 8.31. The maximum Gasteiger partial charge on any atom is 0.287 e. The van der Waals surface area contributed by atoms with Crippen LogP contribution in [0.15, 0.2) is 29.7 Å². The number of hydrogen-bond donors (Lipinski definition) is 1. The maximum atomic E-state index is 10.6. The molecule has 4 heteroatoms. The Hall–Kier alpha value is -1.13. The summed E-state index contributed by atoms with van der Waals surface area (Å²) < 4.78 is 29.9. The predicted molar refractivity (Wildman–Crippen MR) is 88.7 cm³/mol. The third-order valence-corrected chi connectivity index (χ3v) is 3.96. The molecule has 0 fully saturated rings. The van der Waals surface area contributed by atoms with Crippen LogP contribution in [0.25, 0.3) is 6.08 Å². The number of rotatable bonds is 10. The average molecular weight is 310 g/mol. The van der Waals surface area contributed by atoms with E-state index >= 15 is 0 Å². The van der Waals surface area contributed by atoms with Crippen molar-refractivity contribution in [2.24, 2.45) is 0 Å². The van der Waals surface area contributed by atoms with Crippen LogP contribution in [0.2, 0.25) is 0 Å². The molecular formula is C17H26O3S. The lowest BCUT2D eigenvalue weighted by Gasteiger charge is -2.03. The van der Waals surface area contributed by atoms with Gasteiger partial charge in [-0.3, -0.25) is 4.55 Å². The molecule has 0 spiro atoms. The summed E-state index contributed by atoms with van der Waals surface area (Å²) in [6.07, 6.45) is 11.6. The number of hydrogen-bond acceptors (Lipinski definition) is 2. The Morgan fingerprint density at radius 2 is 1.52 bits per heavy atom. The van der Waals surface area contributed by atoms with Gasteiger partial charge in [-0.25, -0.2) is 0 Å². The molecule has 0 saturated heterocycles. The van der Waals surface area contributed by atoms with Crippen LogP contribution < -0.4 is 0 Å². The first-order valence-electron chi connectivity index (χ1n) is 7.76. The zero-order chi connectivity index (χ0) is 15.6. The predicted octanol–water partition coefficient (Wildman–Crippen LogP) is 4.84. The minimum atomic E-state index is -4.04. The molecule has 0 atom stereocenters. The summed E-state index contributed by atoms with van der Waals surface area (Å²) in [6, 6.07) is 7.78. The van der Waals surface area contributed by atoms with E-state index < -0.39 is 10.1 Å². The molecule has 1 rings (SSSR count). The lowest BCUT2D eigenvalue weighted by Crippen LogP contribution is -1.89. The summed E-state index contributed by atoms with van der Waals surface area (Å²) in [7, 11) is -4.04. The minimum Gasteiger partial charge on any atom is -0.282 e.